The molecule has 1 aromatic carbocycles. The van der Waals surface area contributed by atoms with Crippen molar-refractivity contribution in [3.63, 3.8) is 0 Å². The Kier molecular flexibility index (Phi) is 5.45. The quantitative estimate of drug-likeness (QED) is 0.703. The lowest BCUT2D eigenvalue weighted by molar-refractivity contribution is 0.575. The second kappa shape index (κ2) is 6.62. The minimum absolute atomic E-state index is 0.314. The number of nitrogens with two attached hydrogens (primary N) is 1. The Morgan fingerprint density at radius 1 is 1.06 bits per heavy atom. The first kappa shape index (κ1) is 13.2. The summed E-state index contributed by atoms with van der Waals surface area (Å²) in [5, 5.41) is 0. The van der Waals surface area contributed by atoms with E-state index in [1.807, 2.05) is 0 Å². The van der Waals surface area contributed by atoms with Gasteiger partial charge in [-0.1, -0.05) is 24.6 Å². The van der Waals surface area contributed by atoms with Crippen molar-refractivity contribution in [2.45, 2.75) is 24.2 Å². The van der Waals surface area contributed by atoms with Crippen molar-refractivity contribution in [2.24, 2.45) is 5.73 Å². The van der Waals surface area contributed by atoms with Gasteiger partial charge < -0.3 is 5.73 Å². The molecule has 0 radical (unpaired) electrons. The largest absolute Gasteiger partial charge is 0.330 e. The van der Waals surface area contributed by atoms with Crippen LogP contribution in [0.25, 0.3) is 0 Å². The van der Waals surface area contributed by atoms with Crippen molar-refractivity contribution in [1.29, 1.82) is 0 Å². The van der Waals surface area contributed by atoms with Gasteiger partial charge in [-0.2, -0.15) is 0 Å². The van der Waals surface area contributed by atoms with E-state index in [0.717, 1.165) is 19.3 Å². The Morgan fingerprint density at radius 2 is 1.75 bits per heavy atom. The highest BCUT2D eigenvalue weighted by atomic mass is 32.2. The van der Waals surface area contributed by atoms with Gasteiger partial charge in [0.1, 0.15) is 0 Å². The monoisotopic (exact) mass is 242 g/mol. The van der Waals surface area contributed by atoms with Crippen LogP contribution in [-0.2, 0) is 10.0 Å². The lowest BCUT2D eigenvalue weighted by atomic mass is 10.2. The van der Waals surface area contributed by atoms with E-state index in [1.54, 1.807) is 30.3 Å². The molecule has 0 saturated heterocycles. The molecule has 0 saturated carbocycles. The van der Waals surface area contributed by atoms with Crippen molar-refractivity contribution < 1.29 is 8.42 Å². The molecular weight excluding hydrogens is 224 g/mol. The summed E-state index contributed by atoms with van der Waals surface area (Å²) in [5.74, 6) is 0. The third kappa shape index (κ3) is 4.30. The van der Waals surface area contributed by atoms with E-state index in [2.05, 4.69) is 4.72 Å². The zero-order chi connectivity index (χ0) is 11.9. The molecule has 4 nitrogen and oxygen atoms in total. The van der Waals surface area contributed by atoms with Gasteiger partial charge >= 0.3 is 0 Å². The first-order valence-corrected chi connectivity index (χ1v) is 6.90. The van der Waals surface area contributed by atoms with E-state index in [0.29, 0.717) is 18.0 Å². The highest BCUT2D eigenvalue weighted by molar-refractivity contribution is 7.89. The highest BCUT2D eigenvalue weighted by Gasteiger charge is 2.11. The molecule has 16 heavy (non-hydrogen) atoms. The van der Waals surface area contributed by atoms with E-state index in [-0.39, 0.29) is 0 Å². The SMILES string of the molecule is NCCCCCNS(=O)(=O)c1ccccc1. The van der Waals surface area contributed by atoms with Gasteiger partial charge in [-0.05, 0) is 31.5 Å². The fraction of sp³-hybridized carbons (Fsp3) is 0.455. The molecule has 0 aliphatic carbocycles. The fourth-order valence-electron chi connectivity index (χ4n) is 1.34. The Balaban J connectivity index is 2.41. The molecule has 0 amide bonds. The van der Waals surface area contributed by atoms with E-state index in [1.165, 1.54) is 0 Å². The molecule has 0 bridgehead atoms. The van der Waals surface area contributed by atoms with E-state index < -0.39 is 10.0 Å². The topological polar surface area (TPSA) is 72.2 Å². The number of rotatable bonds is 7. The molecule has 0 fully saturated rings. The van der Waals surface area contributed by atoms with Crippen LogP contribution in [0.15, 0.2) is 35.2 Å². The summed E-state index contributed by atoms with van der Waals surface area (Å²) in [7, 11) is -3.33. The Labute approximate surface area is 96.9 Å². The van der Waals surface area contributed by atoms with E-state index in [9.17, 15) is 8.42 Å². The molecule has 3 N–H and O–H groups in total. The molecule has 0 unspecified atom stereocenters. The van der Waals surface area contributed by atoms with Crippen LogP contribution in [0.4, 0.5) is 0 Å². The van der Waals surface area contributed by atoms with E-state index in [4.69, 9.17) is 5.73 Å². The van der Waals surface area contributed by atoms with Gasteiger partial charge in [-0.15, -0.1) is 0 Å². The van der Waals surface area contributed by atoms with Gasteiger partial charge in [0.2, 0.25) is 10.0 Å². The van der Waals surface area contributed by atoms with Crippen LogP contribution in [0.5, 0.6) is 0 Å². The molecule has 0 aliphatic rings. The van der Waals surface area contributed by atoms with Gasteiger partial charge in [0.05, 0.1) is 4.90 Å². The molecule has 0 aromatic heterocycles. The maximum Gasteiger partial charge on any atom is 0.240 e. The second-order valence-corrected chi connectivity index (χ2v) is 5.33. The highest BCUT2D eigenvalue weighted by Crippen LogP contribution is 2.07. The van der Waals surface area contributed by atoms with Crippen LogP contribution in [-0.4, -0.2) is 21.5 Å². The van der Waals surface area contributed by atoms with Gasteiger partial charge in [0.25, 0.3) is 0 Å². The molecule has 1 aromatic rings. The van der Waals surface area contributed by atoms with Crippen molar-refractivity contribution in [3.05, 3.63) is 30.3 Å². The molecule has 0 atom stereocenters. The minimum Gasteiger partial charge on any atom is -0.330 e. The van der Waals surface area contributed by atoms with Crippen LogP contribution in [0.1, 0.15) is 19.3 Å². The van der Waals surface area contributed by atoms with Crippen molar-refractivity contribution >= 4 is 10.0 Å². The normalized spacial score (nSPS) is 11.6. The van der Waals surface area contributed by atoms with Gasteiger partial charge in [-0.25, -0.2) is 13.1 Å². The van der Waals surface area contributed by atoms with Crippen LogP contribution in [0.2, 0.25) is 0 Å². The van der Waals surface area contributed by atoms with Crippen molar-refractivity contribution in [3.8, 4) is 0 Å². The number of benzene rings is 1. The number of sulfonamides is 1. The molecule has 5 heteroatoms. The number of hydrogen-bond acceptors (Lipinski definition) is 3. The summed E-state index contributed by atoms with van der Waals surface area (Å²) < 4.78 is 26.0. The number of nitrogens with one attached hydrogen (secondary N) is 1. The number of hydrogen-bond donors (Lipinski definition) is 2. The summed E-state index contributed by atoms with van der Waals surface area (Å²) in [6.07, 6.45) is 2.71. The maximum atomic E-state index is 11.7. The predicted molar refractivity (Wildman–Crippen MR) is 64.5 cm³/mol. The van der Waals surface area contributed by atoms with Crippen LogP contribution >= 0.6 is 0 Å². The summed E-state index contributed by atoms with van der Waals surface area (Å²) in [5.41, 5.74) is 5.35. The van der Waals surface area contributed by atoms with Gasteiger partial charge in [-0.3, -0.25) is 0 Å². The zero-order valence-electron chi connectivity index (χ0n) is 9.22. The standard InChI is InChI=1S/C11H18N2O2S/c12-9-5-2-6-10-13-16(14,15)11-7-3-1-4-8-11/h1,3-4,7-8,13H,2,5-6,9-10,12H2. The summed E-state index contributed by atoms with van der Waals surface area (Å²) in [6.45, 7) is 1.13. The van der Waals surface area contributed by atoms with Gasteiger partial charge in [0.15, 0.2) is 0 Å². The van der Waals surface area contributed by atoms with Crippen LogP contribution in [0, 0.1) is 0 Å². The van der Waals surface area contributed by atoms with E-state index >= 15 is 0 Å². The molecule has 1 rings (SSSR count). The average molecular weight is 242 g/mol. The molecule has 0 spiro atoms. The smallest absolute Gasteiger partial charge is 0.240 e. The predicted octanol–water partition coefficient (Wildman–Crippen LogP) is 1.09. The lowest BCUT2D eigenvalue weighted by Gasteiger charge is -2.05. The Morgan fingerprint density at radius 3 is 2.38 bits per heavy atom. The summed E-state index contributed by atoms with van der Waals surface area (Å²) >= 11 is 0. The minimum atomic E-state index is -3.33. The molecule has 90 valence electrons. The molecule has 0 aliphatic heterocycles. The Hall–Kier alpha value is -0.910. The first-order chi connectivity index (χ1) is 7.67. The van der Waals surface area contributed by atoms with Crippen molar-refractivity contribution in [1.82, 2.24) is 4.72 Å². The summed E-state index contributed by atoms with van der Waals surface area (Å²) in [6, 6.07) is 8.39. The van der Waals surface area contributed by atoms with Crippen LogP contribution < -0.4 is 10.5 Å². The zero-order valence-corrected chi connectivity index (χ0v) is 10.0. The fourth-order valence-corrected chi connectivity index (χ4v) is 2.43. The lowest BCUT2D eigenvalue weighted by Crippen LogP contribution is -2.24. The molecular formula is C11H18N2O2S. The number of unbranched alkanes of at least 4 members (excludes halogenated alkanes) is 2. The summed E-state index contributed by atoms with van der Waals surface area (Å²) in [4.78, 5) is 0.314. The van der Waals surface area contributed by atoms with Crippen LogP contribution in [0.3, 0.4) is 0 Å². The van der Waals surface area contributed by atoms with Crippen molar-refractivity contribution in [2.75, 3.05) is 13.1 Å². The third-order valence-electron chi connectivity index (χ3n) is 2.23. The van der Waals surface area contributed by atoms with Gasteiger partial charge in [0, 0.05) is 6.54 Å². The first-order valence-electron chi connectivity index (χ1n) is 5.41. The Bertz CT molecular complexity index is 390. The third-order valence-corrected chi connectivity index (χ3v) is 3.70. The average Bonchev–Trinajstić information content (AvgIpc) is 2.30. The second-order valence-electron chi connectivity index (χ2n) is 3.56. The maximum absolute atomic E-state index is 11.7. The molecule has 0 heterocycles.